The molecule has 0 saturated carbocycles. The Bertz CT molecular complexity index is 1170. The fourth-order valence-electron chi connectivity index (χ4n) is 4.32. The van der Waals surface area contributed by atoms with E-state index >= 15 is 0 Å². The van der Waals surface area contributed by atoms with E-state index < -0.39 is 17.6 Å². The number of carbonyl (C=O) groups is 3. The summed E-state index contributed by atoms with van der Waals surface area (Å²) in [6.45, 7) is 2.71. The fraction of sp³-hybridized carbons (Fsp3) is 0.423. The van der Waals surface area contributed by atoms with Crippen molar-refractivity contribution in [2.75, 3.05) is 46.5 Å². The average molecular weight is 554 g/mol. The summed E-state index contributed by atoms with van der Waals surface area (Å²) in [5.74, 6) is -2.99. The average Bonchev–Trinajstić information content (AvgIpc) is 3.32. The van der Waals surface area contributed by atoms with Crippen molar-refractivity contribution in [2.45, 2.75) is 24.1 Å². The number of aliphatic hydroxyl groups excluding tert-OH is 1. The van der Waals surface area contributed by atoms with Gasteiger partial charge in [0.15, 0.2) is 0 Å². The number of hydrogen-bond acceptors (Lipinski definition) is 7. The number of aliphatic hydroxyl groups is 1. The van der Waals surface area contributed by atoms with E-state index in [2.05, 4.69) is 16.0 Å². The van der Waals surface area contributed by atoms with Crippen LogP contribution < -0.4 is 20.7 Å². The number of carboxylic acids is 1. The van der Waals surface area contributed by atoms with E-state index in [9.17, 15) is 27.9 Å². The number of rotatable bonds is 7. The maximum absolute atomic E-state index is 13.0. The Morgan fingerprint density at radius 1 is 1.15 bits per heavy atom. The highest BCUT2D eigenvalue weighted by atomic mass is 19.4. The van der Waals surface area contributed by atoms with Crippen molar-refractivity contribution >= 4 is 17.8 Å². The Labute approximate surface area is 222 Å². The second kappa shape index (κ2) is 12.9. The van der Waals surface area contributed by atoms with Gasteiger partial charge in [0, 0.05) is 37.8 Å². The zero-order valence-electron chi connectivity index (χ0n) is 21.1. The number of hydrogen-bond donors (Lipinski definition) is 5. The molecule has 2 amide bonds. The summed E-state index contributed by atoms with van der Waals surface area (Å²) in [4.78, 5) is 34.5. The molecule has 10 nitrogen and oxygen atoms in total. The van der Waals surface area contributed by atoms with E-state index in [0.717, 1.165) is 18.7 Å². The van der Waals surface area contributed by atoms with Gasteiger partial charge in [-0.2, -0.15) is 13.2 Å². The lowest BCUT2D eigenvalue weighted by Crippen LogP contribution is -2.40. The lowest BCUT2D eigenvalue weighted by Gasteiger charge is -2.26. The highest BCUT2D eigenvalue weighted by Gasteiger charge is 2.44. The third kappa shape index (κ3) is 7.05. The quantitative estimate of drug-likeness (QED) is 0.347. The molecule has 5 N–H and O–H groups in total. The number of carboxylic acid groups (broad SMARTS) is 1. The Kier molecular flexibility index (Phi) is 9.89. The molecule has 0 radical (unpaired) electrons. The smallest absolute Gasteiger partial charge is 0.490 e. The molecule has 0 bridgehead atoms. The molecule has 212 valence electrons. The molecule has 2 heterocycles. The molecule has 0 aliphatic carbocycles. The zero-order chi connectivity index (χ0) is 28.6. The van der Waals surface area contributed by atoms with E-state index in [0.29, 0.717) is 36.4 Å². The van der Waals surface area contributed by atoms with Crippen LogP contribution in [-0.2, 0) is 14.9 Å². The number of alkyl halides is 3. The van der Waals surface area contributed by atoms with Gasteiger partial charge < -0.3 is 35.6 Å². The minimum absolute atomic E-state index is 0.0685. The van der Waals surface area contributed by atoms with E-state index in [4.69, 9.17) is 19.4 Å². The predicted molar refractivity (Wildman–Crippen MR) is 133 cm³/mol. The minimum Gasteiger partial charge on any atom is -0.491 e. The number of nitrogens with one attached hydrogen (secondary N) is 3. The normalized spacial score (nSPS) is 20.1. The summed E-state index contributed by atoms with van der Waals surface area (Å²) in [6, 6.07) is 12.8. The number of ether oxygens (including phenoxy) is 2. The Morgan fingerprint density at radius 3 is 2.41 bits per heavy atom. The number of carbonyl (C=O) groups excluding carboxylic acids is 2. The van der Waals surface area contributed by atoms with Crippen molar-refractivity contribution in [3.63, 3.8) is 0 Å². The molecule has 2 aliphatic heterocycles. The molecular formula is C26H30F3N3O7. The first-order valence-electron chi connectivity index (χ1n) is 12.1. The highest BCUT2D eigenvalue weighted by Crippen LogP contribution is 2.45. The third-order valence-corrected chi connectivity index (χ3v) is 6.40. The van der Waals surface area contributed by atoms with Gasteiger partial charge in [-0.05, 0) is 24.1 Å². The van der Waals surface area contributed by atoms with Crippen LogP contribution in [0.4, 0.5) is 13.2 Å². The van der Waals surface area contributed by atoms with Crippen LogP contribution in [0.5, 0.6) is 5.75 Å². The SMILES string of the molecule is CNC(=O)c1cc(C(=O)NCC[C@H]2CNCCO2)cc2c1OC[C@]2(CO)c1ccccc1.O=C(O)C(F)(F)F. The molecular weight excluding hydrogens is 523 g/mol. The van der Waals surface area contributed by atoms with E-state index in [-0.39, 0.29) is 36.7 Å². The highest BCUT2D eigenvalue weighted by molar-refractivity contribution is 6.02. The molecule has 39 heavy (non-hydrogen) atoms. The third-order valence-electron chi connectivity index (χ3n) is 6.40. The standard InChI is InChI=1S/C24H29N3O5.C2HF3O2/c1-25-23(30)19-11-16(22(29)27-8-7-18-13-26-9-10-31-18)12-20-21(19)32-15-24(20,14-28)17-5-3-2-4-6-17;3-2(4,5)1(6)7/h2-6,11-12,18,26,28H,7-10,13-15H2,1H3,(H,25,30)(H,27,29);(H,6,7)/t18-,24+;/m0./s1. The number of fused-ring (bicyclic) bond motifs is 1. The van der Waals surface area contributed by atoms with Gasteiger partial charge in [-0.3, -0.25) is 9.59 Å². The van der Waals surface area contributed by atoms with Gasteiger partial charge in [0.25, 0.3) is 11.8 Å². The molecule has 2 aromatic rings. The molecule has 0 spiro atoms. The van der Waals surface area contributed by atoms with Crippen LogP contribution >= 0.6 is 0 Å². The van der Waals surface area contributed by atoms with Gasteiger partial charge in [-0.25, -0.2) is 4.79 Å². The molecule has 1 fully saturated rings. The first-order chi connectivity index (χ1) is 18.5. The molecule has 2 aromatic carbocycles. The second-order valence-electron chi connectivity index (χ2n) is 8.92. The van der Waals surface area contributed by atoms with Crippen molar-refractivity contribution in [3.8, 4) is 5.75 Å². The second-order valence-corrected chi connectivity index (χ2v) is 8.92. The van der Waals surface area contributed by atoms with Crippen LogP contribution in [0.25, 0.3) is 0 Å². The van der Waals surface area contributed by atoms with E-state index in [1.807, 2.05) is 30.3 Å². The Hall–Kier alpha value is -3.68. The first-order valence-corrected chi connectivity index (χ1v) is 12.1. The maximum Gasteiger partial charge on any atom is 0.490 e. The Balaban J connectivity index is 0.000000532. The summed E-state index contributed by atoms with van der Waals surface area (Å²) < 4.78 is 43.3. The van der Waals surface area contributed by atoms with Crippen molar-refractivity contribution in [2.24, 2.45) is 0 Å². The van der Waals surface area contributed by atoms with E-state index in [1.165, 1.54) is 7.05 Å². The summed E-state index contributed by atoms with van der Waals surface area (Å²) in [5, 5.41) is 26.4. The van der Waals surface area contributed by atoms with Gasteiger partial charge in [-0.15, -0.1) is 0 Å². The van der Waals surface area contributed by atoms with Crippen LogP contribution in [0.15, 0.2) is 42.5 Å². The molecule has 2 atom stereocenters. The lowest BCUT2D eigenvalue weighted by atomic mass is 9.76. The first kappa shape index (κ1) is 29.9. The molecule has 2 aliphatic rings. The van der Waals surface area contributed by atoms with Crippen molar-refractivity contribution in [1.29, 1.82) is 0 Å². The van der Waals surface area contributed by atoms with Gasteiger partial charge in [0.05, 0.1) is 30.3 Å². The molecule has 13 heteroatoms. The summed E-state index contributed by atoms with van der Waals surface area (Å²) in [5.41, 5.74) is 1.28. The van der Waals surface area contributed by atoms with Crippen LogP contribution in [0.2, 0.25) is 0 Å². The number of halogens is 3. The number of benzene rings is 2. The zero-order valence-corrected chi connectivity index (χ0v) is 21.1. The summed E-state index contributed by atoms with van der Waals surface area (Å²) in [6.07, 6.45) is -4.32. The molecule has 4 rings (SSSR count). The number of aliphatic carboxylic acids is 1. The predicted octanol–water partition coefficient (Wildman–Crippen LogP) is 1.46. The minimum atomic E-state index is -5.08. The monoisotopic (exact) mass is 553 g/mol. The van der Waals surface area contributed by atoms with Crippen LogP contribution in [0, 0.1) is 0 Å². The summed E-state index contributed by atoms with van der Waals surface area (Å²) in [7, 11) is 1.53. The fourth-order valence-corrected chi connectivity index (χ4v) is 4.32. The van der Waals surface area contributed by atoms with Gasteiger partial charge >= 0.3 is 12.1 Å². The van der Waals surface area contributed by atoms with Gasteiger partial charge in [-0.1, -0.05) is 30.3 Å². The molecule has 1 saturated heterocycles. The van der Waals surface area contributed by atoms with E-state index in [1.54, 1.807) is 12.1 Å². The molecule has 0 aromatic heterocycles. The van der Waals surface area contributed by atoms with Crippen molar-refractivity contribution in [3.05, 3.63) is 64.7 Å². The number of morpholine rings is 1. The maximum atomic E-state index is 13.0. The number of amides is 2. The summed E-state index contributed by atoms with van der Waals surface area (Å²) >= 11 is 0. The van der Waals surface area contributed by atoms with Crippen LogP contribution in [0.3, 0.4) is 0 Å². The van der Waals surface area contributed by atoms with Crippen LogP contribution in [0.1, 0.15) is 38.3 Å². The largest absolute Gasteiger partial charge is 0.491 e. The van der Waals surface area contributed by atoms with Gasteiger partial charge in [0.1, 0.15) is 12.4 Å². The topological polar surface area (TPSA) is 146 Å². The van der Waals surface area contributed by atoms with Crippen molar-refractivity contribution in [1.82, 2.24) is 16.0 Å². The van der Waals surface area contributed by atoms with Crippen LogP contribution in [-0.4, -0.2) is 86.8 Å². The Morgan fingerprint density at radius 2 is 1.85 bits per heavy atom. The lowest BCUT2D eigenvalue weighted by molar-refractivity contribution is -0.192. The van der Waals surface area contributed by atoms with Crippen molar-refractivity contribution < 1.29 is 47.2 Å². The van der Waals surface area contributed by atoms with Gasteiger partial charge in [0.2, 0.25) is 0 Å². The molecule has 0 unspecified atom stereocenters.